The molecular formula is C18H17N3O3. The zero-order valence-electron chi connectivity index (χ0n) is 13.1. The van der Waals surface area contributed by atoms with E-state index in [2.05, 4.69) is 15.2 Å². The van der Waals surface area contributed by atoms with Crippen molar-refractivity contribution in [3.8, 4) is 0 Å². The van der Waals surface area contributed by atoms with E-state index in [0.29, 0.717) is 24.5 Å². The molecule has 1 aliphatic heterocycles. The molecule has 0 radical (unpaired) electrons. The van der Waals surface area contributed by atoms with Crippen molar-refractivity contribution in [2.24, 2.45) is 0 Å². The van der Waals surface area contributed by atoms with Crippen LogP contribution in [0, 0.1) is 0 Å². The number of amides is 1. The quantitative estimate of drug-likeness (QED) is 0.803. The highest BCUT2D eigenvalue weighted by molar-refractivity contribution is 6.04. The number of ether oxygens (including phenoxy) is 1. The number of benzene rings is 1. The number of para-hydroxylation sites is 1. The zero-order valence-corrected chi connectivity index (χ0v) is 13.1. The third kappa shape index (κ3) is 2.96. The molecule has 1 amide bonds. The fraction of sp³-hybridized carbons (Fsp3) is 0.222. The fourth-order valence-electron chi connectivity index (χ4n) is 2.73. The molecule has 0 unspecified atom stereocenters. The van der Waals surface area contributed by atoms with Gasteiger partial charge in [0.25, 0.3) is 5.91 Å². The number of nitrogens with one attached hydrogen (secondary N) is 1. The van der Waals surface area contributed by atoms with Crippen LogP contribution in [0.3, 0.4) is 0 Å². The lowest BCUT2D eigenvalue weighted by Crippen LogP contribution is -2.36. The van der Waals surface area contributed by atoms with E-state index in [9.17, 15) is 4.79 Å². The minimum absolute atomic E-state index is 0.285. The van der Waals surface area contributed by atoms with Gasteiger partial charge in [-0.1, -0.05) is 18.2 Å². The Morgan fingerprint density at radius 1 is 1.12 bits per heavy atom. The van der Waals surface area contributed by atoms with E-state index in [1.807, 2.05) is 36.4 Å². The summed E-state index contributed by atoms with van der Waals surface area (Å²) < 4.78 is 10.9. The molecular weight excluding hydrogens is 306 g/mol. The van der Waals surface area contributed by atoms with Crippen LogP contribution in [0.4, 0.5) is 11.5 Å². The summed E-state index contributed by atoms with van der Waals surface area (Å²) in [5.74, 6) is 0.889. The van der Waals surface area contributed by atoms with Crippen molar-refractivity contribution in [2.75, 3.05) is 36.5 Å². The van der Waals surface area contributed by atoms with Crippen LogP contribution in [0.5, 0.6) is 0 Å². The molecule has 1 aliphatic rings. The summed E-state index contributed by atoms with van der Waals surface area (Å²) in [5.41, 5.74) is 1.33. The highest BCUT2D eigenvalue weighted by atomic mass is 16.5. The van der Waals surface area contributed by atoms with Crippen LogP contribution in [0.25, 0.3) is 11.0 Å². The van der Waals surface area contributed by atoms with E-state index in [1.165, 1.54) is 0 Å². The summed E-state index contributed by atoms with van der Waals surface area (Å²) in [4.78, 5) is 18.9. The molecule has 3 aromatic rings. The van der Waals surface area contributed by atoms with Crippen LogP contribution in [0.15, 0.2) is 53.1 Å². The predicted octanol–water partition coefficient (Wildman–Crippen LogP) is 2.92. The van der Waals surface area contributed by atoms with Gasteiger partial charge in [0, 0.05) is 18.5 Å². The van der Waals surface area contributed by atoms with Crippen LogP contribution in [0.1, 0.15) is 10.6 Å². The molecule has 2 aromatic heterocycles. The second-order valence-corrected chi connectivity index (χ2v) is 5.61. The Morgan fingerprint density at radius 3 is 2.71 bits per heavy atom. The second kappa shape index (κ2) is 6.33. The van der Waals surface area contributed by atoms with Gasteiger partial charge in [-0.2, -0.15) is 0 Å². The van der Waals surface area contributed by atoms with Crippen LogP contribution >= 0.6 is 0 Å². The number of morpholine rings is 1. The lowest BCUT2D eigenvalue weighted by molar-refractivity contribution is 0.0998. The van der Waals surface area contributed by atoms with Crippen LogP contribution in [0.2, 0.25) is 0 Å². The number of carbonyl (C=O) groups is 1. The highest BCUT2D eigenvalue weighted by Gasteiger charge is 2.14. The minimum atomic E-state index is -0.285. The van der Waals surface area contributed by atoms with Crippen molar-refractivity contribution in [1.29, 1.82) is 0 Å². The van der Waals surface area contributed by atoms with Crippen molar-refractivity contribution >= 4 is 28.4 Å². The van der Waals surface area contributed by atoms with Crippen molar-refractivity contribution in [3.63, 3.8) is 0 Å². The first-order chi connectivity index (χ1) is 11.8. The molecule has 1 N–H and O–H groups in total. The second-order valence-electron chi connectivity index (χ2n) is 5.61. The first-order valence-electron chi connectivity index (χ1n) is 7.88. The molecule has 0 saturated carbocycles. The molecule has 0 aliphatic carbocycles. The van der Waals surface area contributed by atoms with Gasteiger partial charge in [-0.25, -0.2) is 4.98 Å². The van der Waals surface area contributed by atoms with Gasteiger partial charge in [0.15, 0.2) is 5.76 Å². The molecule has 1 aromatic carbocycles. The minimum Gasteiger partial charge on any atom is -0.451 e. The smallest absolute Gasteiger partial charge is 0.291 e. The van der Waals surface area contributed by atoms with E-state index in [0.717, 1.165) is 24.3 Å². The van der Waals surface area contributed by atoms with Gasteiger partial charge in [-0.15, -0.1) is 0 Å². The number of hydrogen-bond donors (Lipinski definition) is 1. The zero-order chi connectivity index (χ0) is 16.4. The van der Waals surface area contributed by atoms with Gasteiger partial charge in [0.2, 0.25) is 0 Å². The average molecular weight is 323 g/mol. The van der Waals surface area contributed by atoms with Crippen LogP contribution in [-0.2, 0) is 4.74 Å². The normalized spacial score (nSPS) is 14.8. The number of pyridine rings is 1. The Hall–Kier alpha value is -2.86. The molecule has 0 spiro atoms. The maximum absolute atomic E-state index is 12.3. The SMILES string of the molecule is O=C(Nc1ccc(N2CCOCC2)nc1)c1cc2ccccc2o1. The number of fused-ring (bicyclic) bond motifs is 1. The number of rotatable bonds is 3. The number of aromatic nitrogens is 1. The van der Waals surface area contributed by atoms with E-state index in [4.69, 9.17) is 9.15 Å². The lowest BCUT2D eigenvalue weighted by Gasteiger charge is -2.27. The fourth-order valence-corrected chi connectivity index (χ4v) is 2.73. The largest absolute Gasteiger partial charge is 0.451 e. The number of hydrogen-bond acceptors (Lipinski definition) is 5. The molecule has 122 valence electrons. The van der Waals surface area contributed by atoms with Crippen molar-refractivity contribution < 1.29 is 13.9 Å². The van der Waals surface area contributed by atoms with Crippen molar-refractivity contribution in [3.05, 3.63) is 54.4 Å². The van der Waals surface area contributed by atoms with Gasteiger partial charge in [-0.05, 0) is 24.3 Å². The summed E-state index contributed by atoms with van der Waals surface area (Å²) >= 11 is 0. The Labute approximate surface area is 139 Å². The summed E-state index contributed by atoms with van der Waals surface area (Å²) in [7, 11) is 0. The first kappa shape index (κ1) is 14.7. The molecule has 0 bridgehead atoms. The Bertz CT molecular complexity index is 818. The number of anilines is 2. The van der Waals surface area contributed by atoms with Crippen LogP contribution < -0.4 is 10.2 Å². The van der Waals surface area contributed by atoms with E-state index in [-0.39, 0.29) is 11.7 Å². The molecule has 24 heavy (non-hydrogen) atoms. The third-order valence-corrected chi connectivity index (χ3v) is 3.99. The van der Waals surface area contributed by atoms with Gasteiger partial charge in [0.05, 0.1) is 25.1 Å². The number of furan rings is 1. The molecule has 1 saturated heterocycles. The Kier molecular flexibility index (Phi) is 3.88. The topological polar surface area (TPSA) is 67.6 Å². The lowest BCUT2D eigenvalue weighted by atomic mass is 10.2. The van der Waals surface area contributed by atoms with Gasteiger partial charge in [0.1, 0.15) is 11.4 Å². The number of nitrogens with zero attached hydrogens (tertiary/aromatic N) is 2. The molecule has 6 heteroatoms. The third-order valence-electron chi connectivity index (χ3n) is 3.99. The molecule has 1 fully saturated rings. The maximum Gasteiger partial charge on any atom is 0.291 e. The Morgan fingerprint density at radius 2 is 1.96 bits per heavy atom. The molecule has 6 nitrogen and oxygen atoms in total. The molecule has 3 heterocycles. The van der Waals surface area contributed by atoms with Crippen molar-refractivity contribution in [2.45, 2.75) is 0 Å². The van der Waals surface area contributed by atoms with Gasteiger partial charge in [-0.3, -0.25) is 4.79 Å². The van der Waals surface area contributed by atoms with Crippen LogP contribution in [-0.4, -0.2) is 37.2 Å². The monoisotopic (exact) mass is 323 g/mol. The first-order valence-corrected chi connectivity index (χ1v) is 7.88. The van der Waals surface area contributed by atoms with E-state index >= 15 is 0 Å². The summed E-state index contributed by atoms with van der Waals surface area (Å²) in [6.45, 7) is 3.09. The van der Waals surface area contributed by atoms with Crippen molar-refractivity contribution in [1.82, 2.24) is 4.98 Å². The van der Waals surface area contributed by atoms with E-state index in [1.54, 1.807) is 12.3 Å². The van der Waals surface area contributed by atoms with E-state index < -0.39 is 0 Å². The average Bonchev–Trinajstić information content (AvgIpc) is 3.07. The number of carbonyl (C=O) groups excluding carboxylic acids is 1. The standard InChI is InChI=1S/C18H17N3O3/c22-18(16-11-13-3-1-2-4-15(13)24-16)20-14-5-6-17(19-12-14)21-7-9-23-10-8-21/h1-6,11-12H,7-10H2,(H,20,22). The highest BCUT2D eigenvalue weighted by Crippen LogP contribution is 2.20. The summed E-state index contributed by atoms with van der Waals surface area (Å²) in [6.07, 6.45) is 1.66. The molecule has 0 atom stereocenters. The molecule has 4 rings (SSSR count). The van der Waals surface area contributed by atoms with Gasteiger partial charge >= 0.3 is 0 Å². The summed E-state index contributed by atoms with van der Waals surface area (Å²) in [6, 6.07) is 13.0. The summed E-state index contributed by atoms with van der Waals surface area (Å²) in [5, 5.41) is 3.72. The van der Waals surface area contributed by atoms with Gasteiger partial charge < -0.3 is 19.4 Å². The Balaban J connectivity index is 1.47. The predicted molar refractivity (Wildman–Crippen MR) is 91.4 cm³/mol. The maximum atomic E-state index is 12.3.